The van der Waals surface area contributed by atoms with Crippen molar-refractivity contribution in [3.05, 3.63) is 16.0 Å². The first-order chi connectivity index (χ1) is 8.63. The molecule has 0 atom stereocenters. The zero-order valence-corrected chi connectivity index (χ0v) is 10.8. The van der Waals surface area contributed by atoms with Gasteiger partial charge in [0, 0.05) is 32.2 Å². The lowest BCUT2D eigenvalue weighted by atomic mass is 10.3. The van der Waals surface area contributed by atoms with Gasteiger partial charge in [0.15, 0.2) is 7.11 Å². The molecule has 1 aromatic heterocycles. The lowest BCUT2D eigenvalue weighted by Gasteiger charge is -2.28. The standard InChI is InChI=1S/C10H15ClN5O2/c1-18-16(17)8-6-7(11)10(14-9(8)12)15-4-2-13-3-5-15/h6,13H,2-5H2,1H3,(H2,12,14)/q+1. The molecule has 2 rings (SSSR count). The summed E-state index contributed by atoms with van der Waals surface area (Å²) in [7, 11) is 1.25. The molecule has 0 radical (unpaired) electrons. The molecule has 1 aromatic rings. The maximum Gasteiger partial charge on any atom is 0.360 e. The molecule has 0 bridgehead atoms. The van der Waals surface area contributed by atoms with Gasteiger partial charge in [0.1, 0.15) is 5.82 Å². The first kappa shape index (κ1) is 12.8. The summed E-state index contributed by atoms with van der Waals surface area (Å²) < 4.78 is 0. The monoisotopic (exact) mass is 272 g/mol. The van der Waals surface area contributed by atoms with Crippen LogP contribution in [0.5, 0.6) is 0 Å². The Labute approximate surface area is 109 Å². The van der Waals surface area contributed by atoms with E-state index in [4.69, 9.17) is 17.3 Å². The largest absolute Gasteiger partial charge is 0.378 e. The van der Waals surface area contributed by atoms with Crippen LogP contribution in [0.3, 0.4) is 0 Å². The van der Waals surface area contributed by atoms with Crippen molar-refractivity contribution in [1.29, 1.82) is 0 Å². The zero-order chi connectivity index (χ0) is 13.1. The molecule has 1 aliphatic heterocycles. The minimum Gasteiger partial charge on any atom is -0.378 e. The second-order valence-electron chi connectivity index (χ2n) is 3.87. The Balaban J connectivity index is 2.33. The second kappa shape index (κ2) is 5.36. The van der Waals surface area contributed by atoms with Gasteiger partial charge in [-0.25, -0.2) is 9.82 Å². The highest BCUT2D eigenvalue weighted by Crippen LogP contribution is 2.31. The molecule has 1 aliphatic rings. The van der Waals surface area contributed by atoms with Crippen molar-refractivity contribution in [2.75, 3.05) is 43.9 Å². The molecule has 98 valence electrons. The molecule has 0 spiro atoms. The summed E-state index contributed by atoms with van der Waals surface area (Å²) in [5.41, 5.74) is 5.85. The van der Waals surface area contributed by atoms with Gasteiger partial charge in [-0.1, -0.05) is 11.6 Å². The van der Waals surface area contributed by atoms with Crippen molar-refractivity contribution >= 4 is 28.9 Å². The number of halogens is 1. The van der Waals surface area contributed by atoms with Gasteiger partial charge in [0.2, 0.25) is 5.82 Å². The van der Waals surface area contributed by atoms with Gasteiger partial charge in [-0.15, -0.1) is 0 Å². The number of nitrogen functional groups attached to an aromatic ring is 1. The summed E-state index contributed by atoms with van der Waals surface area (Å²) in [4.78, 5) is 22.4. The van der Waals surface area contributed by atoms with Gasteiger partial charge in [-0.3, -0.25) is 0 Å². The van der Waals surface area contributed by atoms with Crippen LogP contribution < -0.4 is 16.0 Å². The third-order valence-corrected chi connectivity index (χ3v) is 3.02. The SMILES string of the molecule is CO[N+](=O)c1cc(Cl)c(N2CCNCC2)nc1N. The number of rotatable bonds is 3. The Morgan fingerprint density at radius 1 is 1.56 bits per heavy atom. The number of nitrogens with two attached hydrogens (primary N) is 1. The van der Waals surface area contributed by atoms with Crippen molar-refractivity contribution in [3.63, 3.8) is 0 Å². The summed E-state index contributed by atoms with van der Waals surface area (Å²) in [6, 6.07) is 1.47. The van der Waals surface area contributed by atoms with Crippen LogP contribution in [-0.4, -0.2) is 43.2 Å². The van der Waals surface area contributed by atoms with Crippen LogP contribution >= 0.6 is 11.6 Å². The summed E-state index contributed by atoms with van der Waals surface area (Å²) in [6.07, 6.45) is 0. The van der Waals surface area contributed by atoms with Crippen LogP contribution in [0.15, 0.2) is 6.07 Å². The molecule has 3 N–H and O–H groups in total. The number of piperazine rings is 1. The summed E-state index contributed by atoms with van der Waals surface area (Å²) in [5, 5.41) is 3.62. The van der Waals surface area contributed by atoms with Crippen molar-refractivity contribution < 1.29 is 9.76 Å². The molecule has 0 aliphatic carbocycles. The smallest absolute Gasteiger partial charge is 0.360 e. The van der Waals surface area contributed by atoms with Crippen LogP contribution in [0, 0.1) is 4.91 Å². The van der Waals surface area contributed by atoms with Gasteiger partial charge in [-0.2, -0.15) is 0 Å². The fraction of sp³-hybridized carbons (Fsp3) is 0.500. The average molecular weight is 273 g/mol. The molecule has 0 saturated carbocycles. The Morgan fingerprint density at radius 2 is 2.22 bits per heavy atom. The van der Waals surface area contributed by atoms with E-state index in [-0.39, 0.29) is 16.4 Å². The lowest BCUT2D eigenvalue weighted by Crippen LogP contribution is -2.44. The fourth-order valence-electron chi connectivity index (χ4n) is 1.83. The Bertz CT molecular complexity index is 462. The molecule has 8 heteroatoms. The van der Waals surface area contributed by atoms with Gasteiger partial charge in [0.25, 0.3) is 4.92 Å². The topological polar surface area (TPSA) is 83.5 Å². The minimum absolute atomic E-state index is 0.102. The zero-order valence-electron chi connectivity index (χ0n) is 10.0. The van der Waals surface area contributed by atoms with Crippen LogP contribution in [0.2, 0.25) is 5.02 Å². The maximum atomic E-state index is 11.4. The van der Waals surface area contributed by atoms with E-state index in [1.54, 1.807) is 0 Å². The number of hydrogen-bond acceptors (Lipinski definition) is 6. The molecule has 18 heavy (non-hydrogen) atoms. The molecular weight excluding hydrogens is 258 g/mol. The predicted octanol–water partition coefficient (Wildman–Crippen LogP) is 0.699. The van der Waals surface area contributed by atoms with Crippen LogP contribution in [0.25, 0.3) is 0 Å². The number of hydrogen-bond donors (Lipinski definition) is 2. The van der Waals surface area contributed by atoms with Gasteiger partial charge >= 0.3 is 5.69 Å². The molecule has 2 heterocycles. The highest BCUT2D eigenvalue weighted by Gasteiger charge is 2.25. The van der Waals surface area contributed by atoms with E-state index in [0.29, 0.717) is 10.8 Å². The first-order valence-corrected chi connectivity index (χ1v) is 5.94. The summed E-state index contributed by atoms with van der Waals surface area (Å²) in [5.74, 6) is 0.703. The van der Waals surface area contributed by atoms with Crippen LogP contribution in [0.4, 0.5) is 17.3 Å². The van der Waals surface area contributed by atoms with E-state index in [9.17, 15) is 4.91 Å². The molecule has 7 nitrogen and oxygen atoms in total. The van der Waals surface area contributed by atoms with E-state index in [1.165, 1.54) is 13.2 Å². The van der Waals surface area contributed by atoms with Crippen LogP contribution in [-0.2, 0) is 4.84 Å². The molecule has 0 unspecified atom stereocenters. The number of pyridine rings is 1. The number of anilines is 2. The maximum absolute atomic E-state index is 11.4. The van der Waals surface area contributed by atoms with E-state index in [0.717, 1.165) is 26.2 Å². The van der Waals surface area contributed by atoms with Crippen molar-refractivity contribution in [2.45, 2.75) is 0 Å². The molecule has 1 fully saturated rings. The fourth-order valence-corrected chi connectivity index (χ4v) is 2.09. The molecule has 0 amide bonds. The molecule has 1 saturated heterocycles. The Hall–Kier alpha value is -1.60. The number of nitrogens with zero attached hydrogens (tertiary/aromatic N) is 3. The minimum atomic E-state index is 0.102. The third kappa shape index (κ3) is 2.46. The van der Waals surface area contributed by atoms with Crippen molar-refractivity contribution in [1.82, 2.24) is 10.3 Å². The van der Waals surface area contributed by atoms with Crippen molar-refractivity contribution in [3.8, 4) is 0 Å². The third-order valence-electron chi connectivity index (χ3n) is 2.74. The molecular formula is C10H15ClN5O2+. The lowest BCUT2D eigenvalue weighted by molar-refractivity contribution is -0.736. The molecule has 0 aromatic carbocycles. The van der Waals surface area contributed by atoms with E-state index >= 15 is 0 Å². The average Bonchev–Trinajstić information content (AvgIpc) is 2.41. The van der Waals surface area contributed by atoms with Gasteiger partial charge < -0.3 is 16.0 Å². The quantitative estimate of drug-likeness (QED) is 0.788. The number of aromatic nitrogens is 1. The predicted molar refractivity (Wildman–Crippen MR) is 69.0 cm³/mol. The van der Waals surface area contributed by atoms with Gasteiger partial charge in [0.05, 0.1) is 9.93 Å². The van der Waals surface area contributed by atoms with Crippen LogP contribution in [0.1, 0.15) is 0 Å². The highest BCUT2D eigenvalue weighted by atomic mass is 35.5. The second-order valence-corrected chi connectivity index (χ2v) is 4.28. The Morgan fingerprint density at radius 3 is 2.83 bits per heavy atom. The van der Waals surface area contributed by atoms with Crippen molar-refractivity contribution in [2.24, 2.45) is 0 Å². The normalized spacial score (nSPS) is 15.6. The van der Waals surface area contributed by atoms with Gasteiger partial charge in [-0.05, 0) is 0 Å². The summed E-state index contributed by atoms with van der Waals surface area (Å²) >= 11 is 6.13. The van der Waals surface area contributed by atoms with E-state index < -0.39 is 0 Å². The van der Waals surface area contributed by atoms with E-state index in [1.807, 2.05) is 4.90 Å². The Kier molecular flexibility index (Phi) is 3.83. The first-order valence-electron chi connectivity index (χ1n) is 5.56. The highest BCUT2D eigenvalue weighted by molar-refractivity contribution is 6.33. The number of nitrogens with one attached hydrogen (secondary N) is 1. The summed E-state index contributed by atoms with van der Waals surface area (Å²) in [6.45, 7) is 3.34. The van der Waals surface area contributed by atoms with E-state index in [2.05, 4.69) is 15.1 Å².